The van der Waals surface area contributed by atoms with Gasteiger partial charge in [0.05, 0.1) is 21.2 Å². The highest BCUT2D eigenvalue weighted by atomic mass is 79.9. The summed E-state index contributed by atoms with van der Waals surface area (Å²) in [6.07, 6.45) is 1.58. The second-order valence-corrected chi connectivity index (χ2v) is 4.52. The molecule has 86 valence electrons. The lowest BCUT2D eigenvalue weighted by Crippen LogP contribution is -1.93. The van der Waals surface area contributed by atoms with Crippen LogP contribution in [0.4, 0.5) is 5.69 Å². The summed E-state index contributed by atoms with van der Waals surface area (Å²) in [7, 11) is 0. The van der Waals surface area contributed by atoms with Gasteiger partial charge in [-0.05, 0) is 34.1 Å². The monoisotopic (exact) mass is 312 g/mol. The van der Waals surface area contributed by atoms with Gasteiger partial charge in [-0.2, -0.15) is 0 Å². The van der Waals surface area contributed by atoms with Gasteiger partial charge in [0.1, 0.15) is 0 Å². The van der Waals surface area contributed by atoms with E-state index < -0.39 is 4.92 Å². The largest absolute Gasteiger partial charge is 0.280 e. The molecule has 4 nitrogen and oxygen atoms in total. The summed E-state index contributed by atoms with van der Waals surface area (Å²) in [6.45, 7) is 0. The lowest BCUT2D eigenvalue weighted by Gasteiger charge is -2.04. The summed E-state index contributed by atoms with van der Waals surface area (Å²) in [5.74, 6) is 0. The summed E-state index contributed by atoms with van der Waals surface area (Å²) in [6, 6.07) is 8.13. The Hall–Kier alpha value is -1.46. The number of nitrogens with zero attached hydrogens (tertiary/aromatic N) is 2. The van der Waals surface area contributed by atoms with Crippen LogP contribution in [-0.4, -0.2) is 9.91 Å². The van der Waals surface area contributed by atoms with Gasteiger partial charge in [0.25, 0.3) is 5.69 Å². The zero-order valence-corrected chi connectivity index (χ0v) is 10.8. The number of nitro groups is 1. The first-order valence-electron chi connectivity index (χ1n) is 4.64. The molecule has 0 aliphatic rings. The van der Waals surface area contributed by atoms with Crippen LogP contribution in [0.3, 0.4) is 0 Å². The molecule has 17 heavy (non-hydrogen) atoms. The minimum absolute atomic E-state index is 0.0278. The van der Waals surface area contributed by atoms with E-state index >= 15 is 0 Å². The van der Waals surface area contributed by atoms with Crippen molar-refractivity contribution in [2.75, 3.05) is 0 Å². The van der Waals surface area contributed by atoms with Crippen LogP contribution >= 0.6 is 27.5 Å². The molecule has 0 aliphatic heterocycles. The highest BCUT2D eigenvalue weighted by Crippen LogP contribution is 2.35. The molecule has 1 aromatic heterocycles. The molecule has 1 aromatic carbocycles. The van der Waals surface area contributed by atoms with E-state index in [1.807, 2.05) is 0 Å². The minimum Gasteiger partial charge on any atom is -0.258 e. The molecular weight excluding hydrogens is 307 g/mol. The average Bonchev–Trinajstić information content (AvgIpc) is 2.33. The third-order valence-corrected chi connectivity index (χ3v) is 3.37. The number of hydrogen-bond acceptors (Lipinski definition) is 3. The molecule has 6 heteroatoms. The quantitative estimate of drug-likeness (QED) is 0.620. The third kappa shape index (κ3) is 2.45. The summed E-state index contributed by atoms with van der Waals surface area (Å²) < 4.78 is 0.491. The van der Waals surface area contributed by atoms with Gasteiger partial charge >= 0.3 is 0 Å². The van der Waals surface area contributed by atoms with Gasteiger partial charge in [-0.3, -0.25) is 15.1 Å². The van der Waals surface area contributed by atoms with Crippen molar-refractivity contribution in [2.24, 2.45) is 0 Å². The second-order valence-electron chi connectivity index (χ2n) is 3.26. The van der Waals surface area contributed by atoms with Crippen LogP contribution < -0.4 is 0 Å². The molecule has 0 unspecified atom stereocenters. The van der Waals surface area contributed by atoms with Gasteiger partial charge < -0.3 is 0 Å². The Labute approximate surface area is 111 Å². The van der Waals surface area contributed by atoms with E-state index in [0.29, 0.717) is 20.8 Å². The summed E-state index contributed by atoms with van der Waals surface area (Å²) in [4.78, 5) is 14.6. The Kier molecular flexibility index (Phi) is 3.40. The number of hydrogen-bond donors (Lipinski definition) is 0. The van der Waals surface area contributed by atoms with Crippen LogP contribution in [0.25, 0.3) is 11.3 Å². The van der Waals surface area contributed by atoms with Crippen LogP contribution in [-0.2, 0) is 0 Å². The fourth-order valence-electron chi connectivity index (χ4n) is 1.41. The molecule has 2 aromatic rings. The van der Waals surface area contributed by atoms with Crippen LogP contribution in [0.5, 0.6) is 0 Å². The molecule has 0 saturated heterocycles. The fraction of sp³-hybridized carbons (Fsp3) is 0. The standard InChI is InChI=1S/C11H6BrClN2O2/c12-8-6-11(15(16)17)7(5-9(8)13)10-3-1-2-4-14-10/h1-6H. The molecule has 0 atom stereocenters. The third-order valence-electron chi connectivity index (χ3n) is 2.18. The first-order valence-corrected chi connectivity index (χ1v) is 5.81. The SMILES string of the molecule is O=[N+]([O-])c1cc(Br)c(Cl)cc1-c1ccccn1. The summed E-state index contributed by atoms with van der Waals surface area (Å²) >= 11 is 9.11. The van der Waals surface area contributed by atoms with Gasteiger partial charge in [0.15, 0.2) is 0 Å². The number of nitro benzene ring substituents is 1. The predicted molar refractivity (Wildman–Crippen MR) is 69.0 cm³/mol. The van der Waals surface area contributed by atoms with Crippen molar-refractivity contribution in [2.45, 2.75) is 0 Å². The first-order chi connectivity index (χ1) is 8.09. The maximum atomic E-state index is 11.0. The Morgan fingerprint density at radius 2 is 2.12 bits per heavy atom. The number of halogens is 2. The lowest BCUT2D eigenvalue weighted by atomic mass is 10.1. The molecule has 0 N–H and O–H groups in total. The smallest absolute Gasteiger partial charge is 0.258 e. The maximum Gasteiger partial charge on any atom is 0.280 e. The Bertz CT molecular complexity index is 575. The van der Waals surface area contributed by atoms with Gasteiger partial charge in [0, 0.05) is 16.7 Å². The highest BCUT2D eigenvalue weighted by molar-refractivity contribution is 9.10. The van der Waals surface area contributed by atoms with Crippen LogP contribution in [0.1, 0.15) is 0 Å². The van der Waals surface area contributed by atoms with E-state index in [9.17, 15) is 10.1 Å². The molecule has 0 radical (unpaired) electrons. The van der Waals surface area contributed by atoms with Crippen LogP contribution in [0, 0.1) is 10.1 Å². The predicted octanol–water partition coefficient (Wildman–Crippen LogP) is 4.07. The van der Waals surface area contributed by atoms with Crippen molar-refractivity contribution < 1.29 is 4.92 Å². The normalized spacial score (nSPS) is 10.2. The molecule has 0 saturated carbocycles. The van der Waals surface area contributed by atoms with Crippen LogP contribution in [0.2, 0.25) is 5.02 Å². The van der Waals surface area contributed by atoms with E-state index in [1.54, 1.807) is 24.4 Å². The fourth-order valence-corrected chi connectivity index (χ4v) is 1.91. The van der Waals surface area contributed by atoms with Gasteiger partial charge in [-0.1, -0.05) is 17.7 Å². The lowest BCUT2D eigenvalue weighted by molar-refractivity contribution is -0.384. The zero-order chi connectivity index (χ0) is 12.4. The van der Waals surface area contributed by atoms with Gasteiger partial charge in [0.2, 0.25) is 0 Å². The first kappa shape index (κ1) is 12.0. The van der Waals surface area contributed by atoms with E-state index in [4.69, 9.17) is 11.6 Å². The van der Waals surface area contributed by atoms with Crippen molar-refractivity contribution in [3.63, 3.8) is 0 Å². The Morgan fingerprint density at radius 1 is 1.35 bits per heavy atom. The van der Waals surface area contributed by atoms with E-state index in [1.165, 1.54) is 12.1 Å². The van der Waals surface area contributed by atoms with E-state index in [-0.39, 0.29) is 5.69 Å². The summed E-state index contributed by atoms with van der Waals surface area (Å²) in [5, 5.41) is 11.4. The molecule has 0 aliphatic carbocycles. The molecule has 0 bridgehead atoms. The Morgan fingerprint density at radius 3 is 2.71 bits per heavy atom. The van der Waals surface area contributed by atoms with E-state index in [0.717, 1.165) is 0 Å². The average molecular weight is 314 g/mol. The molecule has 2 rings (SSSR count). The molecule has 1 heterocycles. The number of benzene rings is 1. The van der Waals surface area contributed by atoms with Crippen molar-refractivity contribution in [1.29, 1.82) is 0 Å². The second kappa shape index (κ2) is 4.81. The van der Waals surface area contributed by atoms with Gasteiger partial charge in [-0.25, -0.2) is 0 Å². The van der Waals surface area contributed by atoms with Crippen molar-refractivity contribution in [3.8, 4) is 11.3 Å². The van der Waals surface area contributed by atoms with Crippen molar-refractivity contribution in [1.82, 2.24) is 4.98 Å². The molecule has 0 spiro atoms. The van der Waals surface area contributed by atoms with Crippen molar-refractivity contribution >= 4 is 33.2 Å². The molecule has 0 amide bonds. The molecular formula is C11H6BrClN2O2. The maximum absolute atomic E-state index is 11.0. The van der Waals surface area contributed by atoms with Crippen molar-refractivity contribution in [3.05, 3.63) is 56.1 Å². The Balaban J connectivity index is 2.68. The van der Waals surface area contributed by atoms with E-state index in [2.05, 4.69) is 20.9 Å². The molecule has 0 fully saturated rings. The number of aromatic nitrogens is 1. The number of pyridine rings is 1. The zero-order valence-electron chi connectivity index (χ0n) is 8.43. The highest BCUT2D eigenvalue weighted by Gasteiger charge is 2.18. The summed E-state index contributed by atoms with van der Waals surface area (Å²) in [5.41, 5.74) is 0.900. The minimum atomic E-state index is -0.453. The topological polar surface area (TPSA) is 56.0 Å². The number of rotatable bonds is 2. The van der Waals surface area contributed by atoms with Crippen LogP contribution in [0.15, 0.2) is 41.0 Å². The van der Waals surface area contributed by atoms with Gasteiger partial charge in [-0.15, -0.1) is 0 Å².